The average molecular weight is 462 g/mol. The number of aliphatic imine (C=N–C) groups is 1. The van der Waals surface area contributed by atoms with Gasteiger partial charge < -0.3 is 9.47 Å². The number of benzene rings is 2. The van der Waals surface area contributed by atoms with Gasteiger partial charge in [-0.3, -0.25) is 9.79 Å². The lowest BCUT2D eigenvalue weighted by atomic mass is 9.97. The second kappa shape index (κ2) is 8.23. The number of anilines is 1. The molecule has 3 aromatic rings. The lowest BCUT2D eigenvalue weighted by Gasteiger charge is -2.14. The summed E-state index contributed by atoms with van der Waals surface area (Å²) < 4.78 is 52.4. The van der Waals surface area contributed by atoms with Crippen molar-refractivity contribution in [2.45, 2.75) is 13.1 Å². The molecule has 2 heterocycles. The summed E-state index contributed by atoms with van der Waals surface area (Å²) in [7, 11) is 2.90. The summed E-state index contributed by atoms with van der Waals surface area (Å²) in [4.78, 5) is 21.6. The summed E-state index contributed by atoms with van der Waals surface area (Å²) in [5, 5.41) is 4.39. The van der Waals surface area contributed by atoms with E-state index in [1.54, 1.807) is 36.4 Å². The Bertz CT molecular complexity index is 1220. The molecule has 11 heteroatoms. The maximum absolute atomic E-state index is 13.8. The molecule has 1 aliphatic heterocycles. The van der Waals surface area contributed by atoms with Gasteiger partial charge in [-0.2, -0.15) is 23.3 Å². The molecule has 4 rings (SSSR count). The molecule has 2 aromatic carbocycles. The fraction of sp³-hybridized carbons (Fsp3) is 0.238. The maximum atomic E-state index is 13.8. The van der Waals surface area contributed by atoms with E-state index in [4.69, 9.17) is 9.47 Å². The Morgan fingerprint density at radius 3 is 2.50 bits per heavy atom. The van der Waals surface area contributed by atoms with Crippen molar-refractivity contribution in [1.29, 1.82) is 0 Å². The van der Waals surface area contributed by atoms with Gasteiger partial charge in [0.25, 0.3) is 5.91 Å². The molecule has 166 valence electrons. The van der Waals surface area contributed by atoms with E-state index in [-0.39, 0.29) is 10.8 Å². The number of carbonyl (C=O) groups is 1. The van der Waals surface area contributed by atoms with Crippen LogP contribution in [0.3, 0.4) is 0 Å². The van der Waals surface area contributed by atoms with E-state index in [1.165, 1.54) is 27.2 Å². The van der Waals surface area contributed by atoms with Crippen molar-refractivity contribution in [3.8, 4) is 11.5 Å². The molecule has 0 spiro atoms. The lowest BCUT2D eigenvalue weighted by molar-refractivity contribution is -0.119. The number of alkyl halides is 3. The van der Waals surface area contributed by atoms with E-state index in [2.05, 4.69) is 15.1 Å². The molecule has 1 unspecified atom stereocenters. The number of fused-ring (bicyclic) bond motifs is 1. The van der Waals surface area contributed by atoms with Crippen LogP contribution in [0.25, 0.3) is 10.2 Å². The number of rotatable bonds is 5. The Kier molecular flexibility index (Phi) is 5.59. The summed E-state index contributed by atoms with van der Waals surface area (Å²) in [6, 6.07) is 11.7. The highest BCUT2D eigenvalue weighted by Crippen LogP contribution is 2.37. The number of halogens is 3. The van der Waals surface area contributed by atoms with Crippen molar-refractivity contribution in [3.05, 3.63) is 42.5 Å². The van der Waals surface area contributed by atoms with E-state index in [0.29, 0.717) is 27.7 Å². The number of hydrazone groups is 1. The van der Waals surface area contributed by atoms with Gasteiger partial charge in [0.15, 0.2) is 17.2 Å². The quantitative estimate of drug-likeness (QED) is 0.501. The van der Waals surface area contributed by atoms with Crippen LogP contribution in [0, 0.1) is 5.92 Å². The third kappa shape index (κ3) is 3.91. The Balaban J connectivity index is 1.73. The minimum absolute atomic E-state index is 0.0538. The van der Waals surface area contributed by atoms with Crippen LogP contribution in [-0.4, -0.2) is 42.7 Å². The number of carbonyl (C=O) groups excluding carboxylic acids is 1. The standard InChI is InChI=1S/C21H17F3N4O3S/c1-11(25-12-8-9-14(30-2)15(10-12)31-3)17-18(21(22,23)24)27-28(19(17)29)20-26-13-6-4-5-7-16(13)32-20/h4-10,17H,1-3H3. The number of nitrogens with zero attached hydrogens (tertiary/aromatic N) is 4. The van der Waals surface area contributed by atoms with Gasteiger partial charge in [-0.15, -0.1) is 0 Å². The van der Waals surface area contributed by atoms with Gasteiger partial charge in [0.05, 0.1) is 30.1 Å². The van der Waals surface area contributed by atoms with E-state index in [0.717, 1.165) is 16.0 Å². The molecule has 7 nitrogen and oxygen atoms in total. The summed E-state index contributed by atoms with van der Waals surface area (Å²) in [6.45, 7) is 1.36. The van der Waals surface area contributed by atoms with Crippen LogP contribution >= 0.6 is 11.3 Å². The second-order valence-corrected chi connectivity index (χ2v) is 7.83. The van der Waals surface area contributed by atoms with Crippen LogP contribution in [0.15, 0.2) is 52.6 Å². The van der Waals surface area contributed by atoms with E-state index < -0.39 is 23.7 Å². The normalized spacial score (nSPS) is 17.1. The first kappa shape index (κ1) is 21.8. The Morgan fingerprint density at radius 2 is 1.84 bits per heavy atom. The molecule has 32 heavy (non-hydrogen) atoms. The number of hydrogen-bond donors (Lipinski definition) is 0. The summed E-state index contributed by atoms with van der Waals surface area (Å²) in [5.74, 6) is -1.74. The largest absolute Gasteiger partial charge is 0.493 e. The van der Waals surface area contributed by atoms with Crippen LogP contribution in [0.4, 0.5) is 24.0 Å². The molecule has 0 fully saturated rings. The fourth-order valence-electron chi connectivity index (χ4n) is 3.30. The molecular formula is C21H17F3N4O3S. The SMILES string of the molecule is COc1ccc(N=C(C)C2C(=O)N(c3nc4ccccc4s3)N=C2C(F)(F)F)cc1OC. The average Bonchev–Trinajstić information content (AvgIpc) is 3.34. The van der Waals surface area contributed by atoms with Gasteiger partial charge in [-0.1, -0.05) is 23.5 Å². The predicted octanol–water partition coefficient (Wildman–Crippen LogP) is 4.99. The van der Waals surface area contributed by atoms with Gasteiger partial charge in [0.2, 0.25) is 5.13 Å². The van der Waals surface area contributed by atoms with Crippen LogP contribution in [0.2, 0.25) is 0 Å². The van der Waals surface area contributed by atoms with Crippen LogP contribution < -0.4 is 14.5 Å². The first-order chi connectivity index (χ1) is 15.2. The number of para-hydroxylation sites is 1. The van der Waals surface area contributed by atoms with Crippen LogP contribution in [0.5, 0.6) is 11.5 Å². The highest BCUT2D eigenvalue weighted by molar-refractivity contribution is 7.22. The highest BCUT2D eigenvalue weighted by Gasteiger charge is 2.52. The monoisotopic (exact) mass is 462 g/mol. The third-order valence-corrected chi connectivity index (χ3v) is 5.79. The van der Waals surface area contributed by atoms with Crippen molar-refractivity contribution in [1.82, 2.24) is 4.98 Å². The lowest BCUT2D eigenvalue weighted by Crippen LogP contribution is -2.37. The van der Waals surface area contributed by atoms with E-state index in [9.17, 15) is 18.0 Å². The molecule has 1 aliphatic rings. The summed E-state index contributed by atoms with van der Waals surface area (Å²) in [6.07, 6.45) is -4.82. The molecule has 1 amide bonds. The fourth-order valence-corrected chi connectivity index (χ4v) is 4.22. The molecule has 0 aliphatic carbocycles. The number of hydrogen-bond acceptors (Lipinski definition) is 7. The molecule has 1 aromatic heterocycles. The van der Waals surface area contributed by atoms with E-state index >= 15 is 0 Å². The minimum atomic E-state index is -4.82. The second-order valence-electron chi connectivity index (χ2n) is 6.82. The smallest absolute Gasteiger partial charge is 0.432 e. The predicted molar refractivity (Wildman–Crippen MR) is 116 cm³/mol. The zero-order valence-corrected chi connectivity index (χ0v) is 18.0. The number of methoxy groups -OCH3 is 2. The highest BCUT2D eigenvalue weighted by atomic mass is 32.1. The Hall–Kier alpha value is -3.47. The maximum Gasteiger partial charge on any atom is 0.432 e. The molecule has 0 saturated carbocycles. The number of amides is 1. The van der Waals surface area contributed by atoms with Crippen LogP contribution in [-0.2, 0) is 4.79 Å². The topological polar surface area (TPSA) is 76.4 Å². The van der Waals surface area contributed by atoms with Crippen molar-refractivity contribution < 1.29 is 27.4 Å². The molecule has 0 radical (unpaired) electrons. The summed E-state index contributed by atoms with van der Waals surface area (Å²) >= 11 is 1.09. The van der Waals surface area contributed by atoms with Crippen molar-refractivity contribution in [2.24, 2.45) is 16.0 Å². The molecule has 0 N–H and O–H groups in total. The van der Waals surface area contributed by atoms with Crippen molar-refractivity contribution >= 4 is 49.7 Å². The number of thiazole rings is 1. The molecular weight excluding hydrogens is 445 g/mol. The first-order valence-electron chi connectivity index (χ1n) is 9.35. The van der Waals surface area contributed by atoms with Gasteiger partial charge in [0, 0.05) is 11.8 Å². The van der Waals surface area contributed by atoms with Crippen LogP contribution in [0.1, 0.15) is 6.92 Å². The minimum Gasteiger partial charge on any atom is -0.493 e. The zero-order chi connectivity index (χ0) is 23.0. The third-order valence-electron chi connectivity index (χ3n) is 4.78. The van der Waals surface area contributed by atoms with Gasteiger partial charge in [-0.25, -0.2) is 4.98 Å². The van der Waals surface area contributed by atoms with Crippen molar-refractivity contribution in [3.63, 3.8) is 0 Å². The van der Waals surface area contributed by atoms with Crippen molar-refractivity contribution in [2.75, 3.05) is 19.2 Å². The Morgan fingerprint density at radius 1 is 1.12 bits per heavy atom. The Labute approximate surface area is 184 Å². The number of ether oxygens (including phenoxy) is 2. The first-order valence-corrected chi connectivity index (χ1v) is 10.2. The van der Waals surface area contributed by atoms with Gasteiger partial charge >= 0.3 is 6.18 Å². The number of aromatic nitrogens is 1. The summed E-state index contributed by atoms with van der Waals surface area (Å²) in [5.41, 5.74) is -0.401. The molecule has 1 atom stereocenters. The van der Waals surface area contributed by atoms with Gasteiger partial charge in [-0.05, 0) is 31.2 Å². The molecule has 0 saturated heterocycles. The molecule has 0 bridgehead atoms. The van der Waals surface area contributed by atoms with E-state index in [1.807, 2.05) is 0 Å². The van der Waals surface area contributed by atoms with Gasteiger partial charge in [0.1, 0.15) is 5.92 Å². The zero-order valence-electron chi connectivity index (χ0n) is 17.2.